The fourth-order valence-corrected chi connectivity index (χ4v) is 5.70. The van der Waals surface area contributed by atoms with Crippen molar-refractivity contribution in [3.63, 3.8) is 0 Å². The molecule has 1 saturated carbocycles. The zero-order valence-electron chi connectivity index (χ0n) is 14.9. The van der Waals surface area contributed by atoms with E-state index >= 15 is 0 Å². The van der Waals surface area contributed by atoms with Crippen molar-refractivity contribution in [3.05, 3.63) is 32.8 Å². The van der Waals surface area contributed by atoms with Crippen molar-refractivity contribution in [3.8, 4) is 0 Å². The normalized spacial score (nSPS) is 28.2. The molecule has 2 aliphatic carbocycles. The number of amides is 2. The van der Waals surface area contributed by atoms with E-state index in [4.69, 9.17) is 23.2 Å². The van der Waals surface area contributed by atoms with Gasteiger partial charge in [-0.15, -0.1) is 0 Å². The van der Waals surface area contributed by atoms with Crippen molar-refractivity contribution >= 4 is 46.6 Å². The number of ketones is 2. The largest absolute Gasteiger partial charge is 0.295 e. The number of imide groups is 1. The molecule has 27 heavy (non-hydrogen) atoms. The van der Waals surface area contributed by atoms with Gasteiger partial charge in [0.15, 0.2) is 5.78 Å². The van der Waals surface area contributed by atoms with E-state index in [1.807, 2.05) is 12.2 Å². The van der Waals surface area contributed by atoms with E-state index in [-0.39, 0.29) is 21.4 Å². The van der Waals surface area contributed by atoms with Crippen molar-refractivity contribution < 1.29 is 19.2 Å². The second-order valence-electron chi connectivity index (χ2n) is 7.74. The third kappa shape index (κ3) is 2.51. The number of hydrogen-bond acceptors (Lipinski definition) is 4. The van der Waals surface area contributed by atoms with Crippen LogP contribution in [0.3, 0.4) is 0 Å². The monoisotopic (exact) mass is 407 g/mol. The molecule has 0 radical (unpaired) electrons. The molecule has 1 aromatic rings. The average molecular weight is 408 g/mol. The Bertz CT molecular complexity index is 904. The Kier molecular flexibility index (Phi) is 4.43. The average Bonchev–Trinajstić information content (AvgIpc) is 3.31. The number of carbonyl (C=O) groups excluding carboxylic acids is 4. The van der Waals surface area contributed by atoms with Crippen LogP contribution in [-0.4, -0.2) is 23.4 Å². The van der Waals surface area contributed by atoms with Gasteiger partial charge in [0.2, 0.25) is 11.7 Å². The van der Waals surface area contributed by atoms with Crippen LogP contribution in [-0.2, 0) is 20.8 Å². The summed E-state index contributed by atoms with van der Waals surface area (Å²) in [5.74, 6) is -3.47. The predicted molar refractivity (Wildman–Crippen MR) is 100 cm³/mol. The lowest BCUT2D eigenvalue weighted by molar-refractivity contribution is -0.135. The maximum Gasteiger partial charge on any atom is 0.295 e. The van der Waals surface area contributed by atoms with Gasteiger partial charge in [0.05, 0.1) is 10.0 Å². The maximum absolute atomic E-state index is 13.4. The molecule has 0 bridgehead atoms. The van der Waals surface area contributed by atoms with Crippen molar-refractivity contribution in [2.45, 2.75) is 51.4 Å². The van der Waals surface area contributed by atoms with Gasteiger partial charge in [-0.3, -0.25) is 24.5 Å². The third-order valence-corrected chi connectivity index (χ3v) is 7.45. The summed E-state index contributed by atoms with van der Waals surface area (Å²) in [6.07, 6.45) is 5.51. The second-order valence-corrected chi connectivity index (χ2v) is 8.50. The number of nitrogens with one attached hydrogen (secondary N) is 1. The molecule has 3 aliphatic rings. The SMILES string of the molecule is CCC1(C2CCCC2)Cc2cc(C3C(=O)NC(=O)C3=O)c(Cl)c(Cl)c2C1=O. The summed E-state index contributed by atoms with van der Waals surface area (Å²) in [6, 6.07) is 1.63. The summed E-state index contributed by atoms with van der Waals surface area (Å²) in [6.45, 7) is 2.02. The van der Waals surface area contributed by atoms with E-state index in [9.17, 15) is 19.2 Å². The quantitative estimate of drug-likeness (QED) is 0.471. The van der Waals surface area contributed by atoms with Gasteiger partial charge >= 0.3 is 0 Å². The maximum atomic E-state index is 13.4. The number of rotatable bonds is 3. The smallest absolute Gasteiger partial charge is 0.293 e. The van der Waals surface area contributed by atoms with E-state index < -0.39 is 28.9 Å². The molecule has 7 heteroatoms. The minimum Gasteiger partial charge on any atom is -0.293 e. The first-order valence-electron chi connectivity index (χ1n) is 9.26. The third-order valence-electron chi connectivity index (χ3n) is 6.57. The molecule has 0 spiro atoms. The fraction of sp³-hybridized carbons (Fsp3) is 0.500. The first-order chi connectivity index (χ1) is 12.8. The Hall–Kier alpha value is -1.72. The van der Waals surface area contributed by atoms with Gasteiger partial charge < -0.3 is 0 Å². The Morgan fingerprint density at radius 2 is 1.78 bits per heavy atom. The Balaban J connectivity index is 1.83. The van der Waals surface area contributed by atoms with Crippen LogP contribution in [0, 0.1) is 11.3 Å². The van der Waals surface area contributed by atoms with Gasteiger partial charge in [0, 0.05) is 11.0 Å². The summed E-state index contributed by atoms with van der Waals surface area (Å²) in [4.78, 5) is 49.2. The van der Waals surface area contributed by atoms with Gasteiger partial charge in [0.25, 0.3) is 5.91 Å². The van der Waals surface area contributed by atoms with Gasteiger partial charge in [-0.1, -0.05) is 49.0 Å². The van der Waals surface area contributed by atoms with Gasteiger partial charge in [0.1, 0.15) is 5.92 Å². The van der Waals surface area contributed by atoms with E-state index in [0.717, 1.165) is 31.2 Å². The highest BCUT2D eigenvalue weighted by atomic mass is 35.5. The first-order valence-corrected chi connectivity index (χ1v) is 10.0. The van der Waals surface area contributed by atoms with Crippen molar-refractivity contribution in [1.82, 2.24) is 5.32 Å². The van der Waals surface area contributed by atoms with E-state index in [1.54, 1.807) is 6.07 Å². The van der Waals surface area contributed by atoms with Crippen molar-refractivity contribution in [1.29, 1.82) is 0 Å². The summed E-state index contributed by atoms with van der Waals surface area (Å²) >= 11 is 12.8. The molecule has 2 unspecified atom stereocenters. The number of fused-ring (bicyclic) bond motifs is 1. The topological polar surface area (TPSA) is 80.3 Å². The Morgan fingerprint density at radius 1 is 1.11 bits per heavy atom. The lowest BCUT2D eigenvalue weighted by Gasteiger charge is -2.32. The molecule has 5 nitrogen and oxygen atoms in total. The number of Topliss-reactive ketones (excluding diaryl/α,β-unsaturated/α-hetero) is 2. The van der Waals surface area contributed by atoms with Crippen LogP contribution < -0.4 is 5.32 Å². The molecule has 2 amide bonds. The van der Waals surface area contributed by atoms with Crippen LogP contribution in [0.25, 0.3) is 0 Å². The fourth-order valence-electron chi connectivity index (χ4n) is 5.13. The number of hydrogen-bond donors (Lipinski definition) is 1. The highest BCUT2D eigenvalue weighted by molar-refractivity contribution is 6.51. The molecule has 1 aliphatic heterocycles. The highest BCUT2D eigenvalue weighted by Gasteiger charge is 2.52. The minimum atomic E-state index is -1.30. The highest BCUT2D eigenvalue weighted by Crippen LogP contribution is 2.53. The second kappa shape index (κ2) is 6.42. The zero-order chi connectivity index (χ0) is 19.5. The zero-order valence-corrected chi connectivity index (χ0v) is 16.4. The van der Waals surface area contributed by atoms with Crippen LogP contribution in [0.5, 0.6) is 0 Å². The van der Waals surface area contributed by atoms with Gasteiger partial charge in [-0.2, -0.15) is 0 Å². The van der Waals surface area contributed by atoms with Crippen molar-refractivity contribution in [2.75, 3.05) is 0 Å². The number of carbonyl (C=O) groups is 4. The molecule has 1 saturated heterocycles. The molecule has 4 rings (SSSR count). The lowest BCUT2D eigenvalue weighted by atomic mass is 9.69. The standard InChI is InChI=1S/C20H19Cl2NO4/c1-2-20(10-5-3-4-6-10)8-9-7-11(13-16(24)19(27)23-18(13)26)14(21)15(22)12(9)17(20)25/h7,10,13H,2-6,8H2,1H3,(H,23,26,27). The van der Waals surface area contributed by atoms with Crippen LogP contribution in [0.15, 0.2) is 6.07 Å². The van der Waals surface area contributed by atoms with Gasteiger partial charge in [-0.25, -0.2) is 0 Å². The molecule has 1 N–H and O–H groups in total. The molecule has 2 atom stereocenters. The molecular formula is C20H19Cl2NO4. The molecule has 1 heterocycles. The Labute approximate surface area is 166 Å². The summed E-state index contributed by atoms with van der Waals surface area (Å²) < 4.78 is 0. The molecule has 0 aromatic heterocycles. The summed E-state index contributed by atoms with van der Waals surface area (Å²) in [7, 11) is 0. The summed E-state index contributed by atoms with van der Waals surface area (Å²) in [5.41, 5.74) is 0.844. The van der Waals surface area contributed by atoms with E-state index in [1.165, 1.54) is 0 Å². The molecule has 1 aromatic carbocycles. The molecular weight excluding hydrogens is 389 g/mol. The lowest BCUT2D eigenvalue weighted by Crippen LogP contribution is -2.34. The first kappa shape index (κ1) is 18.6. The summed E-state index contributed by atoms with van der Waals surface area (Å²) in [5, 5.41) is 2.10. The number of benzene rings is 1. The molecule has 2 fully saturated rings. The van der Waals surface area contributed by atoms with E-state index in [2.05, 4.69) is 0 Å². The van der Waals surface area contributed by atoms with Crippen molar-refractivity contribution in [2.24, 2.45) is 11.3 Å². The van der Waals surface area contributed by atoms with Gasteiger partial charge in [-0.05, 0) is 42.7 Å². The predicted octanol–water partition coefficient (Wildman–Crippen LogP) is 3.63. The van der Waals surface area contributed by atoms with Crippen LogP contribution in [0.1, 0.15) is 66.4 Å². The molecule has 142 valence electrons. The Morgan fingerprint density at radius 3 is 2.33 bits per heavy atom. The van der Waals surface area contributed by atoms with Crippen LogP contribution >= 0.6 is 23.2 Å². The van der Waals surface area contributed by atoms with Crippen LogP contribution in [0.4, 0.5) is 0 Å². The van der Waals surface area contributed by atoms with Crippen LogP contribution in [0.2, 0.25) is 10.0 Å². The number of halogens is 2. The van der Waals surface area contributed by atoms with E-state index in [0.29, 0.717) is 24.3 Å². The minimum absolute atomic E-state index is 0.00490.